The van der Waals surface area contributed by atoms with Crippen molar-refractivity contribution >= 4 is 39.9 Å². The first-order valence-electron chi connectivity index (χ1n) is 8.82. The lowest BCUT2D eigenvalue weighted by Crippen LogP contribution is -2.39. The van der Waals surface area contributed by atoms with Gasteiger partial charge >= 0.3 is 5.97 Å². The maximum absolute atomic E-state index is 11.8. The molecule has 4 rings (SSSR count). The summed E-state index contributed by atoms with van der Waals surface area (Å²) in [6.07, 6.45) is 5.03. The summed E-state index contributed by atoms with van der Waals surface area (Å²) < 4.78 is 0. The first-order chi connectivity index (χ1) is 13.1. The Labute approximate surface area is 167 Å². The van der Waals surface area contributed by atoms with E-state index in [0.29, 0.717) is 23.0 Å². The minimum atomic E-state index is -0.805. The van der Waals surface area contributed by atoms with Crippen molar-refractivity contribution in [2.75, 3.05) is 6.54 Å². The van der Waals surface area contributed by atoms with Crippen LogP contribution in [0.15, 0.2) is 54.9 Å². The van der Waals surface area contributed by atoms with Crippen molar-refractivity contribution in [2.24, 2.45) is 0 Å². The number of carbonyl (C=O) groups is 1. The minimum Gasteiger partial charge on any atom is -0.480 e. The Kier molecular flexibility index (Phi) is 5.04. The van der Waals surface area contributed by atoms with E-state index in [9.17, 15) is 9.90 Å². The summed E-state index contributed by atoms with van der Waals surface area (Å²) in [4.78, 5) is 18.0. The second-order valence-corrected chi connectivity index (χ2v) is 7.55. The van der Waals surface area contributed by atoms with Gasteiger partial charge in [-0.25, -0.2) is 0 Å². The number of aliphatic carboxylic acids is 1. The highest BCUT2D eigenvalue weighted by Gasteiger charge is 2.37. The van der Waals surface area contributed by atoms with Crippen LogP contribution in [-0.4, -0.2) is 33.5 Å². The van der Waals surface area contributed by atoms with E-state index in [2.05, 4.69) is 11.1 Å². The lowest BCUT2D eigenvalue weighted by atomic mass is 9.94. The lowest BCUT2D eigenvalue weighted by molar-refractivity contribution is -0.142. The Morgan fingerprint density at radius 1 is 1.19 bits per heavy atom. The van der Waals surface area contributed by atoms with Crippen LogP contribution in [0.25, 0.3) is 10.8 Å². The van der Waals surface area contributed by atoms with Crippen molar-refractivity contribution in [1.29, 1.82) is 0 Å². The van der Waals surface area contributed by atoms with Gasteiger partial charge in [0, 0.05) is 24.3 Å². The van der Waals surface area contributed by atoms with Crippen molar-refractivity contribution in [1.82, 2.24) is 9.88 Å². The molecule has 1 aromatic heterocycles. The number of halogens is 2. The molecule has 0 amide bonds. The summed E-state index contributed by atoms with van der Waals surface area (Å²) in [6, 6.07) is 12.8. The number of nitrogens with zero attached hydrogens (tertiary/aromatic N) is 2. The van der Waals surface area contributed by atoms with E-state index in [0.717, 1.165) is 28.3 Å². The van der Waals surface area contributed by atoms with Gasteiger partial charge in [0.25, 0.3) is 0 Å². The van der Waals surface area contributed by atoms with E-state index < -0.39 is 12.0 Å². The number of likely N-dealkylation sites (tertiary alicyclic amines) is 1. The summed E-state index contributed by atoms with van der Waals surface area (Å²) in [5.41, 5.74) is 1.82. The fourth-order valence-electron chi connectivity index (χ4n) is 3.92. The first-order valence-corrected chi connectivity index (χ1v) is 9.58. The smallest absolute Gasteiger partial charge is 0.320 e. The highest BCUT2D eigenvalue weighted by molar-refractivity contribution is 6.42. The monoisotopic (exact) mass is 400 g/mol. The van der Waals surface area contributed by atoms with Gasteiger partial charge in [0.05, 0.1) is 16.1 Å². The van der Waals surface area contributed by atoms with Crippen LogP contribution in [0.4, 0.5) is 0 Å². The normalized spacial score (nSPS) is 18.7. The minimum absolute atomic E-state index is 0.280. The van der Waals surface area contributed by atoms with Gasteiger partial charge in [0.2, 0.25) is 0 Å². The molecule has 0 saturated carbocycles. The summed E-state index contributed by atoms with van der Waals surface area (Å²) >= 11 is 12.8. The Hall–Kier alpha value is -2.14. The predicted molar refractivity (Wildman–Crippen MR) is 107 cm³/mol. The quantitative estimate of drug-likeness (QED) is 0.655. The maximum Gasteiger partial charge on any atom is 0.320 e. The number of fused-ring (bicyclic) bond motifs is 1. The van der Waals surface area contributed by atoms with Gasteiger partial charge in [-0.2, -0.15) is 0 Å². The van der Waals surface area contributed by atoms with Crippen molar-refractivity contribution in [3.05, 3.63) is 76.0 Å². The highest BCUT2D eigenvalue weighted by atomic mass is 35.5. The number of carboxylic acid groups (broad SMARTS) is 1. The van der Waals surface area contributed by atoms with Crippen molar-refractivity contribution < 1.29 is 9.90 Å². The molecule has 6 heteroatoms. The van der Waals surface area contributed by atoms with Gasteiger partial charge in [-0.15, -0.1) is 0 Å². The summed E-state index contributed by atoms with van der Waals surface area (Å²) in [5, 5.41) is 12.7. The van der Waals surface area contributed by atoms with Crippen LogP contribution in [0.2, 0.25) is 10.0 Å². The number of rotatable bonds is 4. The zero-order valence-electron chi connectivity index (χ0n) is 14.5. The Morgan fingerprint density at radius 3 is 2.85 bits per heavy atom. The highest BCUT2D eigenvalue weighted by Crippen LogP contribution is 2.40. The van der Waals surface area contributed by atoms with E-state index in [4.69, 9.17) is 23.2 Å². The molecular weight excluding hydrogens is 383 g/mol. The predicted octanol–water partition coefficient (Wildman–Crippen LogP) is 5.18. The number of aromatic nitrogens is 1. The molecule has 27 heavy (non-hydrogen) atoms. The van der Waals surface area contributed by atoms with Gasteiger partial charge in [0.1, 0.15) is 6.04 Å². The summed E-state index contributed by atoms with van der Waals surface area (Å²) in [6.45, 7) is 0.693. The molecule has 0 bridgehead atoms. The molecule has 2 heterocycles. The van der Waals surface area contributed by atoms with Crippen LogP contribution < -0.4 is 0 Å². The largest absolute Gasteiger partial charge is 0.480 e. The topological polar surface area (TPSA) is 53.4 Å². The average Bonchev–Trinajstić information content (AvgIpc) is 3.15. The Bertz CT molecular complexity index is 1010. The second kappa shape index (κ2) is 7.47. The maximum atomic E-state index is 11.8. The Balaban J connectivity index is 1.89. The molecule has 0 spiro atoms. The lowest BCUT2D eigenvalue weighted by Gasteiger charge is -2.33. The van der Waals surface area contributed by atoms with E-state index in [-0.39, 0.29) is 6.04 Å². The summed E-state index contributed by atoms with van der Waals surface area (Å²) in [5.74, 6) is -0.805. The third kappa shape index (κ3) is 3.41. The molecule has 1 fully saturated rings. The third-order valence-electron chi connectivity index (χ3n) is 5.17. The second-order valence-electron chi connectivity index (χ2n) is 6.76. The van der Waals surface area contributed by atoms with E-state index >= 15 is 0 Å². The molecule has 1 aliphatic heterocycles. The third-order valence-corrected chi connectivity index (χ3v) is 6.00. The zero-order valence-corrected chi connectivity index (χ0v) is 16.0. The van der Waals surface area contributed by atoms with Crippen LogP contribution in [-0.2, 0) is 4.79 Å². The van der Waals surface area contributed by atoms with Crippen LogP contribution >= 0.6 is 23.2 Å². The van der Waals surface area contributed by atoms with Gasteiger partial charge in [-0.05, 0) is 47.6 Å². The molecule has 1 N–H and O–H groups in total. The van der Waals surface area contributed by atoms with Gasteiger partial charge < -0.3 is 5.11 Å². The van der Waals surface area contributed by atoms with Crippen LogP contribution in [0, 0.1) is 0 Å². The Morgan fingerprint density at radius 2 is 2.04 bits per heavy atom. The van der Waals surface area contributed by atoms with E-state index in [1.54, 1.807) is 12.3 Å². The summed E-state index contributed by atoms with van der Waals surface area (Å²) in [7, 11) is 0. The fourth-order valence-corrected chi connectivity index (χ4v) is 4.33. The molecular formula is C21H18Cl2N2O2. The van der Waals surface area contributed by atoms with Crippen LogP contribution in [0.5, 0.6) is 0 Å². The molecule has 0 aliphatic carbocycles. The molecule has 2 aromatic carbocycles. The molecule has 2 atom stereocenters. The molecule has 4 nitrogen and oxygen atoms in total. The van der Waals surface area contributed by atoms with Gasteiger partial charge in [-0.1, -0.05) is 47.5 Å². The average molecular weight is 401 g/mol. The first kappa shape index (κ1) is 18.2. The number of hydrogen-bond acceptors (Lipinski definition) is 3. The SMILES string of the molecule is O=C(O)C1CCCN1C(c1ccc2cnccc2c1)c1cccc(Cl)c1Cl. The fraction of sp³-hybridized carbons (Fsp3) is 0.238. The van der Waals surface area contributed by atoms with Gasteiger partial charge in [0.15, 0.2) is 0 Å². The molecule has 1 saturated heterocycles. The number of carboxylic acids is 1. The molecule has 138 valence electrons. The molecule has 0 radical (unpaired) electrons. The van der Waals surface area contributed by atoms with E-state index in [1.807, 2.05) is 41.4 Å². The van der Waals surface area contributed by atoms with Crippen LogP contribution in [0.1, 0.15) is 30.0 Å². The number of pyridine rings is 1. The van der Waals surface area contributed by atoms with Crippen LogP contribution in [0.3, 0.4) is 0 Å². The van der Waals surface area contributed by atoms with E-state index in [1.165, 1.54) is 0 Å². The van der Waals surface area contributed by atoms with Gasteiger partial charge in [-0.3, -0.25) is 14.7 Å². The van der Waals surface area contributed by atoms with Crippen molar-refractivity contribution in [2.45, 2.75) is 24.9 Å². The molecule has 3 aromatic rings. The van der Waals surface area contributed by atoms with Crippen molar-refractivity contribution in [3.63, 3.8) is 0 Å². The molecule has 1 aliphatic rings. The zero-order chi connectivity index (χ0) is 19.0. The number of hydrogen-bond donors (Lipinski definition) is 1. The number of benzene rings is 2. The van der Waals surface area contributed by atoms with Crippen molar-refractivity contribution in [3.8, 4) is 0 Å². The standard InChI is InChI=1S/C21H18Cl2N2O2/c22-17-4-1-3-16(19(17)23)20(25-10-2-5-18(25)21(26)27)14-6-7-15-12-24-9-8-13(15)11-14/h1,3-4,6-9,11-12,18,20H,2,5,10H2,(H,26,27). The molecule has 2 unspecified atom stereocenters.